The fourth-order valence-electron chi connectivity index (χ4n) is 6.99. The predicted octanol–water partition coefficient (Wildman–Crippen LogP) is 4.81. The monoisotopic (exact) mass is 374 g/mol. The van der Waals surface area contributed by atoms with Crippen LogP contribution in [0.5, 0.6) is 0 Å². The number of carbonyl (C=O) groups excluding carboxylic acids is 2. The number of rotatable bonds is 6. The number of hydrogen-bond acceptors (Lipinski definition) is 4. The second kappa shape index (κ2) is 7.60. The van der Waals surface area contributed by atoms with Gasteiger partial charge in [0.2, 0.25) is 0 Å². The molecule has 5 aliphatic rings. The van der Waals surface area contributed by atoms with E-state index >= 15 is 0 Å². The van der Waals surface area contributed by atoms with E-state index in [1.807, 2.05) is 0 Å². The third-order valence-electron chi connectivity index (χ3n) is 7.84. The van der Waals surface area contributed by atoms with Gasteiger partial charge in [0.05, 0.1) is 6.42 Å². The summed E-state index contributed by atoms with van der Waals surface area (Å²) in [6.45, 7) is 5.29. The Kier molecular flexibility index (Phi) is 5.35. The van der Waals surface area contributed by atoms with Crippen molar-refractivity contribution in [1.82, 2.24) is 0 Å². The van der Waals surface area contributed by atoms with Crippen molar-refractivity contribution in [3.8, 4) is 0 Å². The molecule has 0 N–H and O–H groups in total. The van der Waals surface area contributed by atoms with E-state index in [9.17, 15) is 9.59 Å². The number of carbonyl (C=O) groups is 2. The summed E-state index contributed by atoms with van der Waals surface area (Å²) in [6.07, 6.45) is 12.8. The van der Waals surface area contributed by atoms with Gasteiger partial charge in [0.1, 0.15) is 12.2 Å². The zero-order chi connectivity index (χ0) is 19.0. The second-order valence-corrected chi connectivity index (χ2v) is 9.63. The first-order valence-corrected chi connectivity index (χ1v) is 11.0. The van der Waals surface area contributed by atoms with Crippen LogP contribution in [-0.4, -0.2) is 24.1 Å². The van der Waals surface area contributed by atoms with Crippen LogP contribution in [0.15, 0.2) is 12.2 Å². The quantitative estimate of drug-likeness (QED) is 0.494. The molecular weight excluding hydrogens is 340 g/mol. The maximum Gasteiger partial charge on any atom is 0.333 e. The highest BCUT2D eigenvalue weighted by Gasteiger charge is 2.62. The summed E-state index contributed by atoms with van der Waals surface area (Å²) >= 11 is 0. The Hall–Kier alpha value is -1.32. The number of esters is 2. The van der Waals surface area contributed by atoms with Crippen molar-refractivity contribution >= 4 is 11.9 Å². The van der Waals surface area contributed by atoms with Gasteiger partial charge in [-0.1, -0.05) is 25.8 Å². The minimum Gasteiger partial charge on any atom is -0.462 e. The lowest BCUT2D eigenvalue weighted by Gasteiger charge is -2.63. The molecule has 0 unspecified atom stereocenters. The van der Waals surface area contributed by atoms with Crippen LogP contribution in [0.2, 0.25) is 0 Å². The molecule has 0 atom stereocenters. The van der Waals surface area contributed by atoms with Gasteiger partial charge in [0.15, 0.2) is 0 Å². The Balaban J connectivity index is 1.47. The first-order valence-electron chi connectivity index (χ1n) is 11.0. The van der Waals surface area contributed by atoms with Crippen molar-refractivity contribution < 1.29 is 19.1 Å². The molecule has 0 spiro atoms. The molecule has 5 aliphatic carbocycles. The lowest BCUT2D eigenvalue weighted by atomic mass is 9.46. The standard InChI is InChI=1S/C23H34O4/c1-15(2)22(25)26-9-8-21(24)27-23(18-6-4-3-5-7-18)19-11-16-10-17(13-19)14-20(23)12-16/h16-20H,1,3-14H2,2H3. The average Bonchev–Trinajstić information content (AvgIpc) is 2.64. The van der Waals surface area contributed by atoms with Crippen LogP contribution >= 0.6 is 0 Å². The average molecular weight is 375 g/mol. The molecule has 0 saturated heterocycles. The number of ether oxygens (including phenoxy) is 2. The first kappa shape index (κ1) is 19.0. The Labute approximate surface area is 163 Å². The lowest BCUT2D eigenvalue weighted by molar-refractivity contribution is -0.232. The van der Waals surface area contributed by atoms with Crippen molar-refractivity contribution in [3.63, 3.8) is 0 Å². The van der Waals surface area contributed by atoms with E-state index in [1.54, 1.807) is 6.92 Å². The summed E-state index contributed by atoms with van der Waals surface area (Å²) in [5.41, 5.74) is 0.131. The van der Waals surface area contributed by atoms with Gasteiger partial charge in [-0.25, -0.2) is 4.79 Å². The Morgan fingerprint density at radius 1 is 0.926 bits per heavy atom. The molecule has 150 valence electrons. The molecule has 0 radical (unpaired) electrons. The Morgan fingerprint density at radius 3 is 2.07 bits per heavy atom. The highest BCUT2D eigenvalue weighted by Crippen LogP contribution is 2.63. The summed E-state index contributed by atoms with van der Waals surface area (Å²) in [7, 11) is 0. The summed E-state index contributed by atoms with van der Waals surface area (Å²) in [5.74, 6) is 2.75. The fourth-order valence-corrected chi connectivity index (χ4v) is 6.99. The topological polar surface area (TPSA) is 52.6 Å². The van der Waals surface area contributed by atoms with Crippen molar-refractivity contribution in [2.75, 3.05) is 6.61 Å². The lowest BCUT2D eigenvalue weighted by Crippen LogP contribution is -2.63. The fraction of sp³-hybridized carbons (Fsp3) is 0.826. The first-order chi connectivity index (χ1) is 13.0. The molecule has 0 aliphatic heterocycles. The Morgan fingerprint density at radius 2 is 1.52 bits per heavy atom. The molecule has 5 fully saturated rings. The molecule has 4 nitrogen and oxygen atoms in total. The third kappa shape index (κ3) is 3.56. The van der Waals surface area contributed by atoms with E-state index in [-0.39, 0.29) is 24.6 Å². The van der Waals surface area contributed by atoms with Crippen LogP contribution in [0.3, 0.4) is 0 Å². The van der Waals surface area contributed by atoms with Crippen molar-refractivity contribution in [2.45, 2.75) is 83.2 Å². The molecule has 0 aromatic heterocycles. The van der Waals surface area contributed by atoms with Crippen molar-refractivity contribution in [2.24, 2.45) is 29.6 Å². The molecule has 0 aromatic rings. The largest absolute Gasteiger partial charge is 0.462 e. The van der Waals surface area contributed by atoms with E-state index < -0.39 is 5.97 Å². The molecule has 0 heterocycles. The van der Waals surface area contributed by atoms with E-state index in [4.69, 9.17) is 9.47 Å². The molecule has 4 bridgehead atoms. The maximum atomic E-state index is 12.8. The van der Waals surface area contributed by atoms with Gasteiger partial charge in [0, 0.05) is 5.57 Å². The van der Waals surface area contributed by atoms with Gasteiger partial charge in [-0.05, 0) is 81.5 Å². The van der Waals surface area contributed by atoms with Crippen LogP contribution in [0.1, 0.15) is 77.6 Å². The zero-order valence-corrected chi connectivity index (χ0v) is 16.7. The van der Waals surface area contributed by atoms with Crippen LogP contribution in [-0.2, 0) is 19.1 Å². The predicted molar refractivity (Wildman–Crippen MR) is 103 cm³/mol. The van der Waals surface area contributed by atoms with E-state index in [2.05, 4.69) is 6.58 Å². The molecule has 0 aromatic carbocycles. The van der Waals surface area contributed by atoms with Gasteiger partial charge in [-0.15, -0.1) is 0 Å². The van der Waals surface area contributed by atoms with E-state index in [1.165, 1.54) is 64.2 Å². The van der Waals surface area contributed by atoms with Crippen molar-refractivity contribution in [3.05, 3.63) is 12.2 Å². The van der Waals surface area contributed by atoms with Gasteiger partial charge in [-0.2, -0.15) is 0 Å². The van der Waals surface area contributed by atoms with Crippen molar-refractivity contribution in [1.29, 1.82) is 0 Å². The molecule has 4 heteroatoms. The van der Waals surface area contributed by atoms with Crippen LogP contribution in [0, 0.1) is 29.6 Å². The minimum absolute atomic E-state index is 0.0891. The number of hydrogen-bond donors (Lipinski definition) is 0. The SMILES string of the molecule is C=C(C)C(=O)OCCC(=O)OC1(C2CCCCC2)C2CC3CC(C2)CC1C3. The minimum atomic E-state index is -0.431. The van der Waals surface area contributed by atoms with Gasteiger partial charge in [0.25, 0.3) is 0 Å². The molecular formula is C23H34O4. The highest BCUT2D eigenvalue weighted by molar-refractivity contribution is 5.87. The summed E-state index contributed by atoms with van der Waals surface area (Å²) in [5, 5.41) is 0. The summed E-state index contributed by atoms with van der Waals surface area (Å²) < 4.78 is 11.6. The van der Waals surface area contributed by atoms with Gasteiger partial charge < -0.3 is 9.47 Å². The van der Waals surface area contributed by atoms with Gasteiger partial charge >= 0.3 is 11.9 Å². The molecule has 27 heavy (non-hydrogen) atoms. The molecule has 5 rings (SSSR count). The Bertz CT molecular complexity index is 568. The zero-order valence-electron chi connectivity index (χ0n) is 16.7. The maximum absolute atomic E-state index is 12.8. The summed E-state index contributed by atoms with van der Waals surface area (Å²) in [6, 6.07) is 0. The normalized spacial score (nSPS) is 37.8. The van der Waals surface area contributed by atoms with Crippen LogP contribution in [0.4, 0.5) is 0 Å². The summed E-state index contributed by atoms with van der Waals surface area (Å²) in [4.78, 5) is 24.3. The third-order valence-corrected chi connectivity index (χ3v) is 7.84. The molecule has 5 saturated carbocycles. The van der Waals surface area contributed by atoms with Crippen LogP contribution < -0.4 is 0 Å². The van der Waals surface area contributed by atoms with E-state index in [0.29, 0.717) is 23.3 Å². The second-order valence-electron chi connectivity index (χ2n) is 9.63. The highest BCUT2D eigenvalue weighted by atomic mass is 16.6. The van der Waals surface area contributed by atoms with E-state index in [0.717, 1.165) is 11.8 Å². The van der Waals surface area contributed by atoms with Crippen LogP contribution in [0.25, 0.3) is 0 Å². The molecule has 0 amide bonds. The van der Waals surface area contributed by atoms with Gasteiger partial charge in [-0.3, -0.25) is 4.79 Å². The smallest absolute Gasteiger partial charge is 0.333 e.